The van der Waals surface area contributed by atoms with Gasteiger partial charge in [-0.15, -0.1) is 4.68 Å². The number of carbonyl (C=O) groups excluding carboxylic acids is 1. The molecule has 0 aliphatic heterocycles. The van der Waals surface area contributed by atoms with Crippen LogP contribution in [0.3, 0.4) is 0 Å². The fourth-order valence-electron chi connectivity index (χ4n) is 1.46. The molecule has 0 fully saturated rings. The monoisotopic (exact) mass is 376 g/mol. The molecule has 0 aromatic carbocycles. The molecule has 0 bridgehead atoms. The van der Waals surface area contributed by atoms with Crippen LogP contribution in [0.1, 0.15) is 20.8 Å². The zero-order valence-electron chi connectivity index (χ0n) is 11.8. The second-order valence-corrected chi connectivity index (χ2v) is 8.01. The molecule has 0 unspecified atom stereocenters. The molecule has 2 rings (SSSR count). The quantitative estimate of drug-likeness (QED) is 0.698. The number of rotatable bonds is 1. The van der Waals surface area contributed by atoms with Gasteiger partial charge in [0.05, 0.1) is 5.39 Å². The van der Waals surface area contributed by atoms with Crippen LogP contribution in [0.4, 0.5) is 4.79 Å². The number of halogens is 1. The standard InChI is InChI=1S/C11H13BrN4O4S/c1-11(2,3)20-10(17)16-8-6(7(12)15-16)5-13-9(14-8)21(4,18)19/h5H,1-4H3. The van der Waals surface area contributed by atoms with Gasteiger partial charge in [-0.05, 0) is 36.7 Å². The van der Waals surface area contributed by atoms with Gasteiger partial charge < -0.3 is 4.74 Å². The molecule has 10 heteroatoms. The second-order valence-electron chi connectivity index (χ2n) is 5.34. The van der Waals surface area contributed by atoms with Crippen molar-refractivity contribution < 1.29 is 17.9 Å². The average Bonchev–Trinajstić information content (AvgIpc) is 2.63. The van der Waals surface area contributed by atoms with Gasteiger partial charge in [0.2, 0.25) is 15.0 Å². The summed E-state index contributed by atoms with van der Waals surface area (Å²) in [6.07, 6.45) is 1.52. The van der Waals surface area contributed by atoms with Crippen LogP contribution in [-0.4, -0.2) is 46.1 Å². The fraction of sp³-hybridized carbons (Fsp3) is 0.455. The molecule has 114 valence electrons. The number of ether oxygens (including phenoxy) is 1. The zero-order chi connectivity index (χ0) is 16.0. The van der Waals surface area contributed by atoms with Crippen molar-refractivity contribution in [3.05, 3.63) is 10.8 Å². The van der Waals surface area contributed by atoms with Gasteiger partial charge in [-0.25, -0.2) is 18.2 Å². The normalized spacial score (nSPS) is 12.6. The molecule has 0 aliphatic carbocycles. The van der Waals surface area contributed by atoms with E-state index >= 15 is 0 Å². The molecule has 0 spiro atoms. The first-order valence-electron chi connectivity index (χ1n) is 5.84. The molecule has 0 radical (unpaired) electrons. The highest BCUT2D eigenvalue weighted by Gasteiger charge is 2.24. The Hall–Kier alpha value is -1.55. The summed E-state index contributed by atoms with van der Waals surface area (Å²) in [5.41, 5.74) is -0.652. The lowest BCUT2D eigenvalue weighted by Crippen LogP contribution is -2.28. The average molecular weight is 377 g/mol. The van der Waals surface area contributed by atoms with E-state index in [0.717, 1.165) is 10.9 Å². The van der Waals surface area contributed by atoms with E-state index in [1.165, 1.54) is 6.20 Å². The van der Waals surface area contributed by atoms with Gasteiger partial charge in [-0.3, -0.25) is 0 Å². The van der Waals surface area contributed by atoms with Crippen molar-refractivity contribution in [3.8, 4) is 0 Å². The maximum atomic E-state index is 12.1. The number of sulfone groups is 1. The minimum atomic E-state index is -3.59. The third kappa shape index (κ3) is 3.38. The van der Waals surface area contributed by atoms with Crippen LogP contribution in [-0.2, 0) is 14.6 Å². The van der Waals surface area contributed by atoms with Gasteiger partial charge in [-0.1, -0.05) is 0 Å². The fourth-order valence-corrected chi connectivity index (χ4v) is 2.40. The summed E-state index contributed by atoms with van der Waals surface area (Å²) in [6.45, 7) is 5.13. The molecule has 2 aromatic rings. The maximum absolute atomic E-state index is 12.1. The number of nitrogens with zero attached hydrogens (tertiary/aromatic N) is 4. The smallest absolute Gasteiger partial charge is 0.437 e. The van der Waals surface area contributed by atoms with E-state index in [4.69, 9.17) is 4.74 Å². The van der Waals surface area contributed by atoms with Crippen molar-refractivity contribution in [2.45, 2.75) is 31.5 Å². The Bertz CT molecular complexity index is 823. The topological polar surface area (TPSA) is 104 Å². The third-order valence-corrected chi connectivity index (χ3v) is 3.70. The first-order chi connectivity index (χ1) is 9.49. The van der Waals surface area contributed by atoms with E-state index in [0.29, 0.717) is 9.99 Å². The second kappa shape index (κ2) is 5.02. The molecule has 2 heterocycles. The molecule has 2 aromatic heterocycles. The Labute approximate surface area is 129 Å². The Morgan fingerprint density at radius 1 is 1.38 bits per heavy atom. The largest absolute Gasteiger partial charge is 0.442 e. The van der Waals surface area contributed by atoms with Crippen LogP contribution in [0.2, 0.25) is 0 Å². The zero-order valence-corrected chi connectivity index (χ0v) is 14.2. The van der Waals surface area contributed by atoms with Crippen molar-refractivity contribution in [3.63, 3.8) is 0 Å². The Balaban J connectivity index is 2.62. The van der Waals surface area contributed by atoms with Crippen LogP contribution in [0.15, 0.2) is 16.0 Å². The van der Waals surface area contributed by atoms with Crippen molar-refractivity contribution in [1.29, 1.82) is 0 Å². The molecule has 0 atom stereocenters. The lowest BCUT2D eigenvalue weighted by atomic mass is 10.2. The van der Waals surface area contributed by atoms with E-state index in [1.54, 1.807) is 20.8 Å². The van der Waals surface area contributed by atoms with Gasteiger partial charge in [0.25, 0.3) is 0 Å². The molecule has 8 nitrogen and oxygen atoms in total. The highest BCUT2D eigenvalue weighted by atomic mass is 79.9. The number of fused-ring (bicyclic) bond motifs is 1. The van der Waals surface area contributed by atoms with Gasteiger partial charge in [0.1, 0.15) is 10.2 Å². The van der Waals surface area contributed by atoms with E-state index in [2.05, 4.69) is 31.0 Å². The molecule has 0 aliphatic rings. The summed E-state index contributed by atoms with van der Waals surface area (Å²) < 4.78 is 29.4. The van der Waals surface area contributed by atoms with Crippen molar-refractivity contribution >= 4 is 42.9 Å². The first kappa shape index (κ1) is 15.8. The highest BCUT2D eigenvalue weighted by molar-refractivity contribution is 9.10. The summed E-state index contributed by atoms with van der Waals surface area (Å²) in [5, 5.41) is 3.99. The summed E-state index contributed by atoms with van der Waals surface area (Å²) in [4.78, 5) is 19.7. The Kier molecular flexibility index (Phi) is 3.79. The number of carbonyl (C=O) groups is 1. The van der Waals surface area contributed by atoms with Gasteiger partial charge in [0.15, 0.2) is 5.65 Å². The van der Waals surface area contributed by atoms with Crippen LogP contribution in [0, 0.1) is 0 Å². The van der Waals surface area contributed by atoms with E-state index in [-0.39, 0.29) is 10.8 Å². The van der Waals surface area contributed by atoms with Crippen LogP contribution >= 0.6 is 15.9 Å². The minimum Gasteiger partial charge on any atom is -0.442 e. The summed E-state index contributed by atoms with van der Waals surface area (Å²) in [5.74, 6) is 0. The van der Waals surface area contributed by atoms with Crippen LogP contribution in [0.5, 0.6) is 0 Å². The van der Waals surface area contributed by atoms with Gasteiger partial charge in [-0.2, -0.15) is 10.1 Å². The minimum absolute atomic E-state index is 0.0616. The Morgan fingerprint density at radius 3 is 2.52 bits per heavy atom. The molecule has 0 amide bonds. The number of aromatic nitrogens is 4. The molecular formula is C11H13BrN4O4S. The molecule has 0 saturated carbocycles. The molecular weight excluding hydrogens is 364 g/mol. The van der Waals surface area contributed by atoms with Crippen LogP contribution < -0.4 is 0 Å². The molecule has 0 saturated heterocycles. The summed E-state index contributed by atoms with van der Waals surface area (Å²) in [6, 6.07) is 0. The molecule has 21 heavy (non-hydrogen) atoms. The van der Waals surface area contributed by atoms with E-state index in [9.17, 15) is 13.2 Å². The summed E-state index contributed by atoms with van der Waals surface area (Å²) in [7, 11) is -3.59. The van der Waals surface area contributed by atoms with Gasteiger partial charge in [0, 0.05) is 12.5 Å². The predicted molar refractivity (Wildman–Crippen MR) is 77.8 cm³/mol. The summed E-state index contributed by atoms with van der Waals surface area (Å²) >= 11 is 3.17. The number of hydrogen-bond donors (Lipinski definition) is 0. The van der Waals surface area contributed by atoms with Crippen LogP contribution in [0.25, 0.3) is 11.0 Å². The highest BCUT2D eigenvalue weighted by Crippen LogP contribution is 2.23. The predicted octanol–water partition coefficient (Wildman–Crippen LogP) is 1.78. The number of hydrogen-bond acceptors (Lipinski definition) is 7. The van der Waals surface area contributed by atoms with Crippen molar-refractivity contribution in [1.82, 2.24) is 19.7 Å². The van der Waals surface area contributed by atoms with E-state index in [1.807, 2.05) is 0 Å². The third-order valence-electron chi connectivity index (χ3n) is 2.26. The van der Waals surface area contributed by atoms with Gasteiger partial charge >= 0.3 is 6.09 Å². The SMILES string of the molecule is CC(C)(C)OC(=O)n1nc(Br)c2cnc(S(C)(=O)=O)nc21. The lowest BCUT2D eigenvalue weighted by molar-refractivity contribution is 0.0521. The molecule has 0 N–H and O–H groups in total. The first-order valence-corrected chi connectivity index (χ1v) is 8.52. The van der Waals surface area contributed by atoms with Crippen molar-refractivity contribution in [2.75, 3.05) is 6.26 Å². The van der Waals surface area contributed by atoms with E-state index < -0.39 is 21.5 Å². The van der Waals surface area contributed by atoms with Crippen molar-refractivity contribution in [2.24, 2.45) is 0 Å². The Morgan fingerprint density at radius 2 is 2.00 bits per heavy atom. The maximum Gasteiger partial charge on any atom is 0.437 e. The lowest BCUT2D eigenvalue weighted by Gasteiger charge is -2.18.